The summed E-state index contributed by atoms with van der Waals surface area (Å²) >= 11 is 0. The van der Waals surface area contributed by atoms with Crippen LogP contribution in [0.3, 0.4) is 0 Å². The van der Waals surface area contributed by atoms with Crippen LogP contribution in [0.2, 0.25) is 0 Å². The van der Waals surface area contributed by atoms with E-state index in [9.17, 15) is 9.59 Å². The van der Waals surface area contributed by atoms with Gasteiger partial charge in [0.1, 0.15) is 6.61 Å². The molecule has 3 rings (SSSR count). The Hall–Kier alpha value is -2.24. The molecule has 1 N–H and O–H groups in total. The zero-order chi connectivity index (χ0) is 14.1. The molecule has 2 amide bonds. The number of carbonyl (C=O) groups is 2. The molecule has 1 aromatic carbocycles. The van der Waals surface area contributed by atoms with E-state index < -0.39 is 6.09 Å². The van der Waals surface area contributed by atoms with Crippen LogP contribution in [-0.2, 0) is 11.3 Å². The quantitative estimate of drug-likeness (QED) is 0.891. The van der Waals surface area contributed by atoms with E-state index in [1.54, 1.807) is 4.90 Å². The minimum atomic E-state index is -0.911. The van der Waals surface area contributed by atoms with Crippen LogP contribution in [0.25, 0.3) is 0 Å². The number of amides is 2. The molecule has 6 nitrogen and oxygen atoms in total. The van der Waals surface area contributed by atoms with Crippen LogP contribution in [0.5, 0.6) is 0 Å². The van der Waals surface area contributed by atoms with Gasteiger partial charge in [-0.25, -0.2) is 9.59 Å². The van der Waals surface area contributed by atoms with Crippen molar-refractivity contribution in [3.05, 3.63) is 35.9 Å². The van der Waals surface area contributed by atoms with Gasteiger partial charge in [-0.2, -0.15) is 0 Å². The first-order chi connectivity index (χ1) is 9.65. The van der Waals surface area contributed by atoms with E-state index in [0.717, 1.165) is 5.56 Å². The summed E-state index contributed by atoms with van der Waals surface area (Å²) in [5.74, 6) is 0.260. The van der Waals surface area contributed by atoms with Crippen LogP contribution < -0.4 is 0 Å². The molecule has 2 heterocycles. The highest BCUT2D eigenvalue weighted by atomic mass is 16.6. The minimum Gasteiger partial charge on any atom is -0.465 e. The molecule has 0 spiro atoms. The lowest BCUT2D eigenvalue weighted by molar-refractivity contribution is 0.0504. The van der Waals surface area contributed by atoms with Gasteiger partial charge in [0.15, 0.2) is 0 Å². The third-order valence-electron chi connectivity index (χ3n) is 3.95. The number of ether oxygens (including phenoxy) is 1. The van der Waals surface area contributed by atoms with Crippen LogP contribution in [0, 0.1) is 5.92 Å². The van der Waals surface area contributed by atoms with E-state index in [-0.39, 0.29) is 24.7 Å². The average Bonchev–Trinajstić information content (AvgIpc) is 2.74. The second-order valence-corrected chi connectivity index (χ2v) is 5.21. The molecule has 0 radical (unpaired) electrons. The van der Waals surface area contributed by atoms with E-state index in [0.29, 0.717) is 19.6 Å². The van der Waals surface area contributed by atoms with E-state index in [2.05, 4.69) is 0 Å². The predicted molar refractivity (Wildman–Crippen MR) is 70.2 cm³/mol. The van der Waals surface area contributed by atoms with Gasteiger partial charge >= 0.3 is 12.2 Å². The van der Waals surface area contributed by atoms with E-state index >= 15 is 0 Å². The highest BCUT2D eigenvalue weighted by Gasteiger charge is 2.49. The lowest BCUT2D eigenvalue weighted by Crippen LogP contribution is -2.57. The average molecular weight is 276 g/mol. The molecule has 2 aliphatic rings. The van der Waals surface area contributed by atoms with Crippen molar-refractivity contribution in [1.29, 1.82) is 0 Å². The Morgan fingerprint density at radius 3 is 2.65 bits per heavy atom. The van der Waals surface area contributed by atoms with Crippen molar-refractivity contribution in [2.45, 2.75) is 12.6 Å². The van der Waals surface area contributed by atoms with Gasteiger partial charge in [0.2, 0.25) is 0 Å². The lowest BCUT2D eigenvalue weighted by atomic mass is 9.93. The van der Waals surface area contributed by atoms with Crippen molar-refractivity contribution in [2.24, 2.45) is 5.92 Å². The number of hydrogen-bond donors (Lipinski definition) is 1. The second kappa shape index (κ2) is 5.03. The molecule has 0 aromatic heterocycles. The van der Waals surface area contributed by atoms with Crippen molar-refractivity contribution >= 4 is 12.2 Å². The number of likely N-dealkylation sites (tertiary alicyclic amines) is 2. The fraction of sp³-hybridized carbons (Fsp3) is 0.429. The van der Waals surface area contributed by atoms with Gasteiger partial charge in [-0.05, 0) is 5.56 Å². The molecule has 2 atom stereocenters. The second-order valence-electron chi connectivity index (χ2n) is 5.21. The summed E-state index contributed by atoms with van der Waals surface area (Å²) < 4.78 is 5.25. The Labute approximate surface area is 116 Å². The third kappa shape index (κ3) is 2.29. The first-order valence-electron chi connectivity index (χ1n) is 6.60. The van der Waals surface area contributed by atoms with Crippen molar-refractivity contribution in [2.75, 3.05) is 19.6 Å². The number of fused-ring (bicyclic) bond motifs is 1. The Morgan fingerprint density at radius 2 is 1.95 bits per heavy atom. The predicted octanol–water partition coefficient (Wildman–Crippen LogP) is 1.62. The van der Waals surface area contributed by atoms with Gasteiger partial charge in [0.25, 0.3) is 0 Å². The highest BCUT2D eigenvalue weighted by molar-refractivity contribution is 5.70. The monoisotopic (exact) mass is 276 g/mol. The number of benzene rings is 1. The summed E-state index contributed by atoms with van der Waals surface area (Å²) in [6, 6.07) is 9.43. The topological polar surface area (TPSA) is 70.1 Å². The number of nitrogens with zero attached hydrogens (tertiary/aromatic N) is 2. The van der Waals surface area contributed by atoms with Gasteiger partial charge in [-0.15, -0.1) is 0 Å². The number of carbonyl (C=O) groups excluding carboxylic acids is 1. The standard InChI is InChI=1S/C14H16N2O4/c17-13(18)16-7-11-6-15(8-12(11)16)14(19)20-9-10-4-2-1-3-5-10/h1-5,11-12H,6-9H2,(H,17,18)/t11-,12-/m1/s1. The summed E-state index contributed by atoms with van der Waals surface area (Å²) in [6.45, 7) is 1.78. The SMILES string of the molecule is O=C(OCc1ccccc1)N1C[C@@H]2CN(C(=O)O)[C@@H]2C1. The van der Waals surface area contributed by atoms with Gasteiger partial charge in [-0.1, -0.05) is 30.3 Å². The smallest absolute Gasteiger partial charge is 0.410 e. The lowest BCUT2D eigenvalue weighted by Gasteiger charge is -2.40. The maximum Gasteiger partial charge on any atom is 0.410 e. The molecule has 2 fully saturated rings. The van der Waals surface area contributed by atoms with Gasteiger partial charge in [0, 0.05) is 25.6 Å². The van der Waals surface area contributed by atoms with Crippen LogP contribution in [-0.4, -0.2) is 52.8 Å². The maximum atomic E-state index is 12.0. The van der Waals surface area contributed by atoms with Crippen molar-refractivity contribution < 1.29 is 19.4 Å². The Balaban J connectivity index is 1.51. The Morgan fingerprint density at radius 1 is 1.20 bits per heavy atom. The fourth-order valence-electron chi connectivity index (χ4n) is 2.82. The molecule has 106 valence electrons. The van der Waals surface area contributed by atoms with Gasteiger partial charge in [-0.3, -0.25) is 0 Å². The Bertz CT molecular complexity index is 519. The van der Waals surface area contributed by atoms with Gasteiger partial charge < -0.3 is 19.6 Å². The maximum absolute atomic E-state index is 12.0. The molecule has 0 unspecified atom stereocenters. The number of carboxylic acid groups (broad SMARTS) is 1. The highest BCUT2D eigenvalue weighted by Crippen LogP contribution is 2.32. The molecule has 6 heteroatoms. The normalized spacial score (nSPS) is 24.0. The Kier molecular flexibility index (Phi) is 3.22. The molecular formula is C14H16N2O4. The first kappa shape index (κ1) is 12.8. The summed E-state index contributed by atoms with van der Waals surface area (Å²) in [7, 11) is 0. The largest absolute Gasteiger partial charge is 0.465 e. The van der Waals surface area contributed by atoms with E-state index in [1.807, 2.05) is 30.3 Å². The molecule has 0 bridgehead atoms. The molecule has 2 aliphatic heterocycles. The third-order valence-corrected chi connectivity index (χ3v) is 3.95. The van der Waals surface area contributed by atoms with E-state index in [4.69, 9.17) is 9.84 Å². The van der Waals surface area contributed by atoms with Crippen LogP contribution in [0.4, 0.5) is 9.59 Å². The molecule has 0 saturated carbocycles. The van der Waals surface area contributed by atoms with Crippen molar-refractivity contribution in [3.8, 4) is 0 Å². The summed E-state index contributed by atoms with van der Waals surface area (Å²) in [5.41, 5.74) is 0.940. The zero-order valence-electron chi connectivity index (χ0n) is 10.9. The minimum absolute atomic E-state index is 0.0585. The molecule has 1 aromatic rings. The molecular weight excluding hydrogens is 260 g/mol. The van der Waals surface area contributed by atoms with Crippen molar-refractivity contribution in [3.63, 3.8) is 0 Å². The summed E-state index contributed by atoms with van der Waals surface area (Å²) in [6.07, 6.45) is -1.28. The number of hydrogen-bond acceptors (Lipinski definition) is 3. The summed E-state index contributed by atoms with van der Waals surface area (Å²) in [4.78, 5) is 25.8. The molecule has 0 aliphatic carbocycles. The van der Waals surface area contributed by atoms with Crippen LogP contribution in [0.15, 0.2) is 30.3 Å². The molecule has 2 saturated heterocycles. The zero-order valence-corrected chi connectivity index (χ0v) is 10.9. The first-order valence-corrected chi connectivity index (χ1v) is 6.60. The molecule has 20 heavy (non-hydrogen) atoms. The van der Waals surface area contributed by atoms with Crippen LogP contribution >= 0.6 is 0 Å². The van der Waals surface area contributed by atoms with Gasteiger partial charge in [0.05, 0.1) is 6.04 Å². The van der Waals surface area contributed by atoms with E-state index in [1.165, 1.54) is 4.90 Å². The number of rotatable bonds is 2. The fourth-order valence-corrected chi connectivity index (χ4v) is 2.82. The van der Waals surface area contributed by atoms with Crippen molar-refractivity contribution in [1.82, 2.24) is 9.80 Å². The van der Waals surface area contributed by atoms with Crippen LogP contribution in [0.1, 0.15) is 5.56 Å². The summed E-state index contributed by atoms with van der Waals surface area (Å²) in [5, 5.41) is 8.95.